The van der Waals surface area contributed by atoms with E-state index in [0.29, 0.717) is 5.41 Å². The fourth-order valence-corrected chi connectivity index (χ4v) is 3.24. The summed E-state index contributed by atoms with van der Waals surface area (Å²) >= 11 is 0. The number of nitrogens with zero attached hydrogens (tertiary/aromatic N) is 1. The van der Waals surface area contributed by atoms with Gasteiger partial charge in [0.25, 0.3) is 0 Å². The average Bonchev–Trinajstić information content (AvgIpc) is 2.09. The van der Waals surface area contributed by atoms with Gasteiger partial charge in [0.15, 0.2) is 0 Å². The van der Waals surface area contributed by atoms with Gasteiger partial charge < -0.3 is 4.90 Å². The fourth-order valence-electron chi connectivity index (χ4n) is 2.17. The van der Waals surface area contributed by atoms with E-state index in [-0.39, 0.29) is 5.41 Å². The first-order valence-electron chi connectivity index (χ1n) is 6.52. The molecule has 0 amide bonds. The van der Waals surface area contributed by atoms with Crippen molar-refractivity contribution in [2.45, 2.75) is 55.4 Å². The molecule has 0 aliphatic carbocycles. The molecule has 0 radical (unpaired) electrons. The largest absolute Gasteiger partial charge is 0.375 e. The molecule has 16 heavy (non-hydrogen) atoms. The molecule has 0 heterocycles. The Hall–Kier alpha value is -0.243. The lowest BCUT2D eigenvalue weighted by Gasteiger charge is -2.39. The van der Waals surface area contributed by atoms with Gasteiger partial charge in [-0.25, -0.2) is 0 Å². The molecule has 0 aliphatic rings. The van der Waals surface area contributed by atoms with E-state index in [4.69, 9.17) is 0 Å². The van der Waals surface area contributed by atoms with Crippen molar-refractivity contribution in [3.8, 4) is 0 Å². The summed E-state index contributed by atoms with van der Waals surface area (Å²) in [5, 5.41) is 1.66. The lowest BCUT2D eigenvalue weighted by Crippen LogP contribution is -2.34. The van der Waals surface area contributed by atoms with Gasteiger partial charge in [-0.2, -0.15) is 0 Å². The third-order valence-corrected chi connectivity index (χ3v) is 5.24. The lowest BCUT2D eigenvalue weighted by molar-refractivity contribution is 0.276. The Labute approximate surface area is 106 Å². The first-order valence-corrected chi connectivity index (χ1v) is 7.52. The molecule has 0 fully saturated rings. The maximum Gasteiger partial charge on any atom is 0.0362 e. The highest BCUT2D eigenvalue weighted by atomic mass is 28.1. The number of hydrogen-bond donors (Lipinski definition) is 0. The molecule has 0 rings (SSSR count). The summed E-state index contributed by atoms with van der Waals surface area (Å²) in [6.07, 6.45) is 0. The molecular formula is C14H31NSi. The summed E-state index contributed by atoms with van der Waals surface area (Å²) in [4.78, 5) is 2.54. The normalized spacial score (nSPS) is 15.0. The minimum Gasteiger partial charge on any atom is -0.375 e. The van der Waals surface area contributed by atoms with Crippen LogP contribution in [-0.4, -0.2) is 28.2 Å². The van der Waals surface area contributed by atoms with Gasteiger partial charge in [-0.1, -0.05) is 46.7 Å². The van der Waals surface area contributed by atoms with Gasteiger partial charge in [0, 0.05) is 34.4 Å². The monoisotopic (exact) mass is 241 g/mol. The van der Waals surface area contributed by atoms with Gasteiger partial charge in [0.1, 0.15) is 0 Å². The molecule has 96 valence electrons. The van der Waals surface area contributed by atoms with E-state index in [1.54, 1.807) is 10.9 Å². The van der Waals surface area contributed by atoms with E-state index >= 15 is 0 Å². The molecule has 0 aromatic carbocycles. The molecule has 0 aromatic heterocycles. The Morgan fingerprint density at radius 2 is 1.25 bits per heavy atom. The van der Waals surface area contributed by atoms with Crippen LogP contribution in [0.5, 0.6) is 0 Å². The van der Waals surface area contributed by atoms with Crippen LogP contribution in [0.3, 0.4) is 0 Å². The van der Waals surface area contributed by atoms with Gasteiger partial charge in [-0.15, -0.1) is 0 Å². The van der Waals surface area contributed by atoms with Crippen molar-refractivity contribution in [2.24, 2.45) is 10.8 Å². The summed E-state index contributed by atoms with van der Waals surface area (Å²) in [6, 6.07) is 0. The first kappa shape index (κ1) is 15.8. The van der Waals surface area contributed by atoms with E-state index in [0.717, 1.165) is 23.3 Å². The van der Waals surface area contributed by atoms with Crippen LogP contribution in [0.2, 0.25) is 0 Å². The lowest BCUT2D eigenvalue weighted by atomic mass is 9.84. The van der Waals surface area contributed by atoms with E-state index in [1.165, 1.54) is 0 Å². The summed E-state index contributed by atoms with van der Waals surface area (Å²) < 4.78 is 0. The van der Waals surface area contributed by atoms with E-state index in [1.807, 2.05) is 0 Å². The maximum absolute atomic E-state index is 2.54. The standard InChI is InChI=1S/C14H31NSi/c1-9-15(10-2)11(13(3,4)5)12(16)14(6,7)8/h9-10H2,1-8,16H3. The SMILES string of the molecule is CCN(CC)C(=C([SiH3])C(C)(C)C)C(C)(C)C. The molecule has 0 aromatic rings. The van der Waals surface area contributed by atoms with Crippen molar-refractivity contribution in [3.63, 3.8) is 0 Å². The molecule has 1 nitrogen and oxygen atoms in total. The van der Waals surface area contributed by atoms with Crippen molar-refractivity contribution in [1.82, 2.24) is 4.90 Å². The van der Waals surface area contributed by atoms with E-state index in [9.17, 15) is 0 Å². The minimum atomic E-state index is 0.260. The van der Waals surface area contributed by atoms with Crippen molar-refractivity contribution in [3.05, 3.63) is 10.9 Å². The molecule has 0 bridgehead atoms. The molecule has 0 saturated carbocycles. The van der Waals surface area contributed by atoms with Crippen LogP contribution in [0.15, 0.2) is 10.9 Å². The summed E-state index contributed by atoms with van der Waals surface area (Å²) in [5.74, 6) is 0. The number of rotatable bonds is 3. The molecule has 0 unspecified atom stereocenters. The van der Waals surface area contributed by atoms with Crippen molar-refractivity contribution in [2.75, 3.05) is 13.1 Å². The molecule has 0 N–H and O–H groups in total. The van der Waals surface area contributed by atoms with Crippen LogP contribution in [-0.2, 0) is 0 Å². The Morgan fingerprint density at radius 1 is 0.875 bits per heavy atom. The molecule has 0 atom stereocenters. The summed E-state index contributed by atoms with van der Waals surface area (Å²) in [5.41, 5.74) is 2.16. The van der Waals surface area contributed by atoms with Crippen LogP contribution in [0.4, 0.5) is 0 Å². The quantitative estimate of drug-likeness (QED) is 0.687. The molecule has 0 aliphatic heterocycles. The zero-order valence-electron chi connectivity index (χ0n) is 12.9. The van der Waals surface area contributed by atoms with Crippen molar-refractivity contribution in [1.29, 1.82) is 0 Å². The second-order valence-electron chi connectivity index (χ2n) is 6.65. The molecule has 0 spiro atoms. The maximum atomic E-state index is 2.54. The zero-order valence-corrected chi connectivity index (χ0v) is 14.9. The zero-order chi connectivity index (χ0) is 13.1. The predicted octanol–water partition coefficient (Wildman–Crippen LogP) is 3.00. The highest BCUT2D eigenvalue weighted by Gasteiger charge is 2.27. The predicted molar refractivity (Wildman–Crippen MR) is 78.8 cm³/mol. The molecule has 2 heteroatoms. The molecule has 0 saturated heterocycles. The minimum absolute atomic E-state index is 0.260. The van der Waals surface area contributed by atoms with Crippen molar-refractivity contribution >= 4 is 10.2 Å². The van der Waals surface area contributed by atoms with E-state index in [2.05, 4.69) is 60.3 Å². The summed E-state index contributed by atoms with van der Waals surface area (Å²) in [6.45, 7) is 20.8. The Morgan fingerprint density at radius 3 is 1.44 bits per heavy atom. The summed E-state index contributed by atoms with van der Waals surface area (Å²) in [7, 11) is 1.16. The third kappa shape index (κ3) is 3.97. The highest BCUT2D eigenvalue weighted by molar-refractivity contribution is 6.22. The Bertz CT molecular complexity index is 249. The Kier molecular flexibility index (Phi) is 5.31. The Balaban J connectivity index is 5.59. The topological polar surface area (TPSA) is 3.24 Å². The van der Waals surface area contributed by atoms with Gasteiger partial charge in [-0.05, 0) is 19.3 Å². The first-order chi connectivity index (χ1) is 7.05. The fraction of sp³-hybridized carbons (Fsp3) is 0.857. The second-order valence-corrected chi connectivity index (χ2v) is 7.65. The second kappa shape index (κ2) is 5.39. The van der Waals surface area contributed by atoms with Crippen LogP contribution in [0.25, 0.3) is 0 Å². The number of hydrogen-bond acceptors (Lipinski definition) is 1. The average molecular weight is 241 g/mol. The number of allylic oxidation sites excluding steroid dienone is 2. The molecular weight excluding hydrogens is 210 g/mol. The van der Waals surface area contributed by atoms with Crippen LogP contribution < -0.4 is 0 Å². The van der Waals surface area contributed by atoms with Gasteiger partial charge in [-0.3, -0.25) is 0 Å². The third-order valence-electron chi connectivity index (χ3n) is 3.27. The van der Waals surface area contributed by atoms with Crippen molar-refractivity contribution < 1.29 is 0 Å². The van der Waals surface area contributed by atoms with Gasteiger partial charge in [0.05, 0.1) is 0 Å². The van der Waals surface area contributed by atoms with Gasteiger partial charge in [0.2, 0.25) is 0 Å². The van der Waals surface area contributed by atoms with Crippen LogP contribution in [0.1, 0.15) is 55.4 Å². The van der Waals surface area contributed by atoms with Crippen LogP contribution in [0, 0.1) is 10.8 Å². The highest BCUT2D eigenvalue weighted by Crippen LogP contribution is 2.36. The van der Waals surface area contributed by atoms with Gasteiger partial charge >= 0.3 is 0 Å². The smallest absolute Gasteiger partial charge is 0.0362 e. The van der Waals surface area contributed by atoms with E-state index < -0.39 is 0 Å². The van der Waals surface area contributed by atoms with Crippen LogP contribution >= 0.6 is 0 Å².